The summed E-state index contributed by atoms with van der Waals surface area (Å²) in [5.74, 6) is 0.538. The number of piperazine rings is 1. The SMILES string of the molecule is CCCC(CCC)C(=O)N1CCN(C(C#N)CCC)CC1. The van der Waals surface area contributed by atoms with E-state index in [4.69, 9.17) is 0 Å². The Morgan fingerprint density at radius 1 is 1.00 bits per heavy atom. The third kappa shape index (κ3) is 5.32. The third-order valence-corrected chi connectivity index (χ3v) is 4.40. The van der Waals surface area contributed by atoms with Crippen LogP contribution >= 0.6 is 0 Å². The zero-order valence-corrected chi connectivity index (χ0v) is 14.0. The van der Waals surface area contributed by atoms with Gasteiger partial charge in [-0.2, -0.15) is 5.26 Å². The lowest BCUT2D eigenvalue weighted by atomic mass is 9.96. The average Bonchev–Trinajstić information content (AvgIpc) is 2.52. The predicted molar refractivity (Wildman–Crippen MR) is 85.8 cm³/mol. The maximum absolute atomic E-state index is 12.6. The lowest BCUT2D eigenvalue weighted by Crippen LogP contribution is -2.52. The second-order valence-electron chi connectivity index (χ2n) is 6.07. The molecule has 1 fully saturated rings. The summed E-state index contributed by atoms with van der Waals surface area (Å²) in [6.07, 6.45) is 6.12. The van der Waals surface area contributed by atoms with Crippen molar-refractivity contribution in [2.75, 3.05) is 26.2 Å². The number of rotatable bonds is 8. The fraction of sp³-hybridized carbons (Fsp3) is 0.882. The van der Waals surface area contributed by atoms with E-state index < -0.39 is 0 Å². The van der Waals surface area contributed by atoms with Crippen LogP contribution in [-0.2, 0) is 4.79 Å². The minimum atomic E-state index is 0.0225. The summed E-state index contributed by atoms with van der Waals surface area (Å²) in [5, 5.41) is 9.24. The van der Waals surface area contributed by atoms with Crippen LogP contribution in [0.5, 0.6) is 0 Å². The molecule has 1 aliphatic heterocycles. The molecule has 0 spiro atoms. The Morgan fingerprint density at radius 3 is 1.95 bits per heavy atom. The number of nitrogens with zero attached hydrogens (tertiary/aromatic N) is 3. The van der Waals surface area contributed by atoms with Crippen LogP contribution in [-0.4, -0.2) is 47.9 Å². The lowest BCUT2D eigenvalue weighted by Gasteiger charge is -2.38. The van der Waals surface area contributed by atoms with Gasteiger partial charge in [-0.25, -0.2) is 0 Å². The molecule has 0 N–H and O–H groups in total. The minimum Gasteiger partial charge on any atom is -0.340 e. The molecule has 0 radical (unpaired) electrons. The smallest absolute Gasteiger partial charge is 0.225 e. The van der Waals surface area contributed by atoms with Crippen molar-refractivity contribution in [3.8, 4) is 6.07 Å². The van der Waals surface area contributed by atoms with Gasteiger partial charge < -0.3 is 4.90 Å². The van der Waals surface area contributed by atoms with Gasteiger partial charge >= 0.3 is 0 Å². The molecule has 4 heteroatoms. The van der Waals surface area contributed by atoms with Crippen molar-refractivity contribution >= 4 is 5.91 Å². The lowest BCUT2D eigenvalue weighted by molar-refractivity contribution is -0.138. The number of hydrogen-bond donors (Lipinski definition) is 0. The van der Waals surface area contributed by atoms with Crippen molar-refractivity contribution in [3.63, 3.8) is 0 Å². The predicted octanol–water partition coefficient (Wildman–Crippen LogP) is 3.04. The second kappa shape index (κ2) is 9.78. The average molecular weight is 293 g/mol. The number of carbonyl (C=O) groups excluding carboxylic acids is 1. The Balaban J connectivity index is 2.51. The number of carbonyl (C=O) groups is 1. The van der Waals surface area contributed by atoms with E-state index >= 15 is 0 Å². The minimum absolute atomic E-state index is 0.0225. The van der Waals surface area contributed by atoms with Gasteiger partial charge in [-0.15, -0.1) is 0 Å². The van der Waals surface area contributed by atoms with E-state index in [1.165, 1.54) is 0 Å². The number of nitriles is 1. The first-order valence-electron chi connectivity index (χ1n) is 8.60. The van der Waals surface area contributed by atoms with E-state index in [1.807, 2.05) is 4.90 Å². The molecule has 1 aliphatic rings. The van der Waals surface area contributed by atoms with E-state index in [2.05, 4.69) is 31.7 Å². The summed E-state index contributed by atoms with van der Waals surface area (Å²) in [5.41, 5.74) is 0. The van der Waals surface area contributed by atoms with Crippen LogP contribution in [0.25, 0.3) is 0 Å². The van der Waals surface area contributed by atoms with Gasteiger partial charge in [0.1, 0.15) is 0 Å². The molecule has 1 heterocycles. The van der Waals surface area contributed by atoms with Gasteiger partial charge in [0, 0.05) is 32.1 Å². The molecular formula is C17H31N3O. The first-order chi connectivity index (χ1) is 10.2. The molecule has 0 aromatic carbocycles. The van der Waals surface area contributed by atoms with Crippen molar-refractivity contribution in [2.45, 2.75) is 65.3 Å². The van der Waals surface area contributed by atoms with Crippen LogP contribution < -0.4 is 0 Å². The third-order valence-electron chi connectivity index (χ3n) is 4.40. The van der Waals surface area contributed by atoms with Crippen molar-refractivity contribution in [1.82, 2.24) is 9.80 Å². The highest BCUT2D eigenvalue weighted by Gasteiger charge is 2.28. The van der Waals surface area contributed by atoms with E-state index in [-0.39, 0.29) is 12.0 Å². The summed E-state index contributed by atoms with van der Waals surface area (Å²) in [4.78, 5) is 16.9. The van der Waals surface area contributed by atoms with Crippen LogP contribution in [0.4, 0.5) is 0 Å². The Hall–Kier alpha value is -1.08. The summed E-state index contributed by atoms with van der Waals surface area (Å²) >= 11 is 0. The van der Waals surface area contributed by atoms with Crippen LogP contribution in [0.15, 0.2) is 0 Å². The molecule has 0 aromatic rings. The first kappa shape index (κ1) is 18.0. The zero-order valence-electron chi connectivity index (χ0n) is 14.0. The first-order valence-corrected chi connectivity index (χ1v) is 8.60. The molecule has 0 aliphatic carbocycles. The van der Waals surface area contributed by atoms with E-state index in [9.17, 15) is 10.1 Å². The molecule has 4 nitrogen and oxygen atoms in total. The molecule has 1 rings (SSSR count). The topological polar surface area (TPSA) is 47.3 Å². The van der Waals surface area contributed by atoms with Gasteiger partial charge in [-0.3, -0.25) is 9.69 Å². The maximum Gasteiger partial charge on any atom is 0.225 e. The number of hydrogen-bond acceptors (Lipinski definition) is 3. The zero-order chi connectivity index (χ0) is 15.7. The van der Waals surface area contributed by atoms with Crippen molar-refractivity contribution in [1.29, 1.82) is 5.26 Å². The molecule has 0 saturated carbocycles. The molecule has 1 saturated heterocycles. The molecule has 0 bridgehead atoms. The van der Waals surface area contributed by atoms with E-state index in [0.717, 1.165) is 64.7 Å². The van der Waals surface area contributed by atoms with Gasteiger partial charge in [0.2, 0.25) is 5.91 Å². The molecule has 1 amide bonds. The van der Waals surface area contributed by atoms with Gasteiger partial charge in [0.25, 0.3) is 0 Å². The van der Waals surface area contributed by atoms with E-state index in [1.54, 1.807) is 0 Å². The maximum atomic E-state index is 12.6. The molecule has 21 heavy (non-hydrogen) atoms. The van der Waals surface area contributed by atoms with Crippen molar-refractivity contribution in [2.24, 2.45) is 5.92 Å². The molecular weight excluding hydrogens is 262 g/mol. The molecule has 0 aromatic heterocycles. The van der Waals surface area contributed by atoms with Crippen LogP contribution in [0.2, 0.25) is 0 Å². The highest BCUT2D eigenvalue weighted by atomic mass is 16.2. The van der Waals surface area contributed by atoms with Gasteiger partial charge in [-0.05, 0) is 19.3 Å². The highest BCUT2D eigenvalue weighted by Crippen LogP contribution is 2.19. The standard InChI is InChI=1S/C17H31N3O/c1-4-7-15(8-5-2)17(21)20-12-10-19(11-13-20)16(14-18)9-6-3/h15-16H,4-13H2,1-3H3. The summed E-state index contributed by atoms with van der Waals surface area (Å²) in [6, 6.07) is 2.43. The quantitative estimate of drug-likeness (QED) is 0.691. The monoisotopic (exact) mass is 293 g/mol. The molecule has 1 atom stereocenters. The summed E-state index contributed by atoms with van der Waals surface area (Å²) in [7, 11) is 0. The van der Waals surface area contributed by atoms with Gasteiger partial charge in [-0.1, -0.05) is 40.0 Å². The largest absolute Gasteiger partial charge is 0.340 e. The van der Waals surface area contributed by atoms with Gasteiger partial charge in [0.15, 0.2) is 0 Å². The van der Waals surface area contributed by atoms with Crippen LogP contribution in [0.1, 0.15) is 59.3 Å². The normalized spacial score (nSPS) is 17.8. The van der Waals surface area contributed by atoms with Crippen molar-refractivity contribution < 1.29 is 4.79 Å². The Morgan fingerprint density at radius 2 is 1.52 bits per heavy atom. The van der Waals surface area contributed by atoms with E-state index in [0.29, 0.717) is 5.91 Å². The van der Waals surface area contributed by atoms with Gasteiger partial charge in [0.05, 0.1) is 12.1 Å². The second-order valence-corrected chi connectivity index (χ2v) is 6.07. The Bertz CT molecular complexity index is 336. The fourth-order valence-electron chi connectivity index (χ4n) is 3.20. The fourth-order valence-corrected chi connectivity index (χ4v) is 3.20. The molecule has 1 unspecified atom stereocenters. The number of amides is 1. The Labute approximate surface area is 130 Å². The van der Waals surface area contributed by atoms with Crippen molar-refractivity contribution in [3.05, 3.63) is 0 Å². The highest BCUT2D eigenvalue weighted by molar-refractivity contribution is 5.78. The summed E-state index contributed by atoms with van der Waals surface area (Å²) < 4.78 is 0. The van der Waals surface area contributed by atoms with Crippen LogP contribution in [0, 0.1) is 17.2 Å². The van der Waals surface area contributed by atoms with Crippen LogP contribution in [0.3, 0.4) is 0 Å². The molecule has 120 valence electrons. The summed E-state index contributed by atoms with van der Waals surface area (Å²) in [6.45, 7) is 9.66. The Kier molecular flexibility index (Phi) is 8.37.